The minimum absolute atomic E-state index is 0. The highest BCUT2D eigenvalue weighted by Crippen LogP contribution is 2.16. The van der Waals surface area contributed by atoms with Crippen LogP contribution in [0, 0.1) is 0 Å². The first kappa shape index (κ1) is 14.1. The lowest BCUT2D eigenvalue weighted by Gasteiger charge is -2.06. The number of halogens is 2. The van der Waals surface area contributed by atoms with Gasteiger partial charge in [-0.05, 0) is 12.1 Å². The molecule has 1 aromatic heterocycles. The third-order valence-corrected chi connectivity index (χ3v) is 2.87. The molecule has 2 aromatic rings. The maximum atomic E-state index is 11.2. The van der Waals surface area contributed by atoms with Gasteiger partial charge in [0.2, 0.25) is 6.04 Å². The van der Waals surface area contributed by atoms with E-state index in [4.69, 9.17) is 0 Å². The van der Waals surface area contributed by atoms with Crippen molar-refractivity contribution in [2.24, 2.45) is 0 Å². The Labute approximate surface area is 119 Å². The van der Waals surface area contributed by atoms with E-state index in [0.717, 1.165) is 16.3 Å². The number of aldehydes is 1. The van der Waals surface area contributed by atoms with Crippen LogP contribution in [-0.4, -0.2) is 6.29 Å². The van der Waals surface area contributed by atoms with Crippen molar-refractivity contribution in [2.45, 2.75) is 6.04 Å². The van der Waals surface area contributed by atoms with Crippen LogP contribution in [-0.2, 0) is 4.79 Å². The fourth-order valence-corrected chi connectivity index (χ4v) is 2.03. The molecule has 0 aliphatic carbocycles. The third kappa shape index (κ3) is 3.48. The number of carbonyl (C=O) groups excluding carboxylic acids is 1. The highest BCUT2D eigenvalue weighted by molar-refractivity contribution is 9.10. The van der Waals surface area contributed by atoms with E-state index in [1.807, 2.05) is 59.4 Å². The van der Waals surface area contributed by atoms with Crippen molar-refractivity contribution < 1.29 is 26.3 Å². The SMILES string of the molecule is O=CC(c1cccc(Br)c1)[n+]1ccccc1.[Br-]. The lowest BCUT2D eigenvalue weighted by molar-refractivity contribution is -0.698. The van der Waals surface area contributed by atoms with Gasteiger partial charge in [0.25, 0.3) is 0 Å². The molecule has 17 heavy (non-hydrogen) atoms. The summed E-state index contributed by atoms with van der Waals surface area (Å²) in [4.78, 5) is 11.2. The Morgan fingerprint density at radius 2 is 1.82 bits per heavy atom. The van der Waals surface area contributed by atoms with Crippen LogP contribution in [0.2, 0.25) is 0 Å². The van der Waals surface area contributed by atoms with Crippen molar-refractivity contribution in [2.75, 3.05) is 0 Å². The number of aromatic nitrogens is 1. The van der Waals surface area contributed by atoms with Gasteiger partial charge in [-0.3, -0.25) is 4.79 Å². The number of nitrogens with zero attached hydrogens (tertiary/aromatic N) is 1. The summed E-state index contributed by atoms with van der Waals surface area (Å²) in [6.07, 6.45) is 4.72. The smallest absolute Gasteiger partial charge is 0.238 e. The first-order valence-electron chi connectivity index (χ1n) is 4.98. The van der Waals surface area contributed by atoms with Crippen LogP contribution in [0.25, 0.3) is 0 Å². The third-order valence-electron chi connectivity index (χ3n) is 2.38. The Hall–Kier alpha value is -1.00. The van der Waals surface area contributed by atoms with Crippen molar-refractivity contribution in [3.8, 4) is 0 Å². The van der Waals surface area contributed by atoms with Gasteiger partial charge in [-0.25, -0.2) is 0 Å². The molecule has 1 heterocycles. The average Bonchev–Trinajstić information content (AvgIpc) is 2.31. The summed E-state index contributed by atoms with van der Waals surface area (Å²) in [5.41, 5.74) is 0.973. The summed E-state index contributed by atoms with van der Waals surface area (Å²) in [5.74, 6) is 0. The molecule has 1 atom stereocenters. The molecule has 2 nitrogen and oxygen atoms in total. The zero-order valence-electron chi connectivity index (χ0n) is 8.96. The number of benzene rings is 1. The highest BCUT2D eigenvalue weighted by Gasteiger charge is 2.19. The van der Waals surface area contributed by atoms with E-state index in [2.05, 4.69) is 15.9 Å². The molecule has 0 saturated carbocycles. The average molecular weight is 357 g/mol. The van der Waals surface area contributed by atoms with Gasteiger partial charge in [0, 0.05) is 22.2 Å². The summed E-state index contributed by atoms with van der Waals surface area (Å²) < 4.78 is 2.86. The van der Waals surface area contributed by atoms with Gasteiger partial charge in [0.1, 0.15) is 0 Å². The second-order valence-electron chi connectivity index (χ2n) is 3.46. The monoisotopic (exact) mass is 355 g/mol. The van der Waals surface area contributed by atoms with Gasteiger partial charge >= 0.3 is 0 Å². The molecule has 0 spiro atoms. The number of hydrogen-bond acceptors (Lipinski definition) is 1. The molecule has 0 aliphatic rings. The van der Waals surface area contributed by atoms with Gasteiger partial charge in [-0.1, -0.05) is 34.1 Å². The molecule has 0 radical (unpaired) electrons. The topological polar surface area (TPSA) is 20.9 Å². The summed E-state index contributed by atoms with van der Waals surface area (Å²) >= 11 is 3.41. The zero-order chi connectivity index (χ0) is 11.4. The largest absolute Gasteiger partial charge is 1.00 e. The second kappa shape index (κ2) is 6.67. The molecule has 0 saturated heterocycles. The van der Waals surface area contributed by atoms with Crippen LogP contribution < -0.4 is 21.5 Å². The van der Waals surface area contributed by atoms with Gasteiger partial charge < -0.3 is 17.0 Å². The normalized spacial score (nSPS) is 11.4. The van der Waals surface area contributed by atoms with Crippen molar-refractivity contribution >= 4 is 22.2 Å². The zero-order valence-corrected chi connectivity index (χ0v) is 12.1. The van der Waals surface area contributed by atoms with Gasteiger partial charge in [0.15, 0.2) is 18.7 Å². The lowest BCUT2D eigenvalue weighted by atomic mass is 10.1. The molecule has 0 fully saturated rings. The minimum atomic E-state index is -0.265. The number of carbonyl (C=O) groups is 1. The molecular weight excluding hydrogens is 346 g/mol. The standard InChI is InChI=1S/C13H11BrNO.BrH/c14-12-6-4-5-11(9-12)13(10-16)15-7-2-1-3-8-15;/h1-10,13H;1H/q+1;/p-1. The van der Waals surface area contributed by atoms with Crippen molar-refractivity contribution in [1.29, 1.82) is 0 Å². The number of rotatable bonds is 3. The minimum Gasteiger partial charge on any atom is -1.00 e. The van der Waals surface area contributed by atoms with Crippen LogP contribution in [0.1, 0.15) is 11.6 Å². The second-order valence-corrected chi connectivity index (χ2v) is 4.37. The quantitative estimate of drug-likeness (QED) is 0.538. The molecule has 0 N–H and O–H groups in total. The first-order valence-corrected chi connectivity index (χ1v) is 5.77. The Bertz CT molecular complexity index is 488. The van der Waals surface area contributed by atoms with Crippen molar-refractivity contribution in [3.63, 3.8) is 0 Å². The molecule has 0 amide bonds. The van der Waals surface area contributed by atoms with E-state index in [-0.39, 0.29) is 23.0 Å². The Balaban J connectivity index is 0.00000144. The molecule has 0 bridgehead atoms. The van der Waals surface area contributed by atoms with E-state index < -0.39 is 0 Å². The van der Waals surface area contributed by atoms with Gasteiger partial charge in [0.05, 0.1) is 0 Å². The number of hydrogen-bond donors (Lipinski definition) is 0. The number of pyridine rings is 1. The van der Waals surface area contributed by atoms with Gasteiger partial charge in [-0.2, -0.15) is 4.57 Å². The maximum Gasteiger partial charge on any atom is 0.238 e. The first-order chi connectivity index (χ1) is 7.81. The molecule has 1 unspecified atom stereocenters. The summed E-state index contributed by atoms with van der Waals surface area (Å²) in [6, 6.07) is 13.3. The van der Waals surface area contributed by atoms with E-state index in [9.17, 15) is 4.79 Å². The Morgan fingerprint density at radius 3 is 2.41 bits per heavy atom. The predicted octanol–water partition coefficient (Wildman–Crippen LogP) is -0.471. The molecule has 2 rings (SSSR count). The van der Waals surface area contributed by atoms with E-state index >= 15 is 0 Å². The summed E-state index contributed by atoms with van der Waals surface area (Å²) in [5, 5.41) is 0. The van der Waals surface area contributed by atoms with Crippen molar-refractivity contribution in [1.82, 2.24) is 0 Å². The van der Waals surface area contributed by atoms with E-state index in [0.29, 0.717) is 0 Å². The molecular formula is C13H11Br2NO. The van der Waals surface area contributed by atoms with Crippen LogP contribution in [0.4, 0.5) is 0 Å². The van der Waals surface area contributed by atoms with Crippen LogP contribution in [0.15, 0.2) is 59.3 Å². The van der Waals surface area contributed by atoms with E-state index in [1.54, 1.807) is 0 Å². The summed E-state index contributed by atoms with van der Waals surface area (Å²) in [7, 11) is 0. The van der Waals surface area contributed by atoms with E-state index in [1.165, 1.54) is 0 Å². The fraction of sp³-hybridized carbons (Fsp3) is 0.0769. The fourth-order valence-electron chi connectivity index (χ4n) is 1.61. The Morgan fingerprint density at radius 1 is 1.12 bits per heavy atom. The van der Waals surface area contributed by atoms with Crippen molar-refractivity contribution in [3.05, 3.63) is 64.9 Å². The highest BCUT2D eigenvalue weighted by atomic mass is 79.9. The molecule has 4 heteroatoms. The molecule has 0 aliphatic heterocycles. The van der Waals surface area contributed by atoms with Crippen LogP contribution in [0.5, 0.6) is 0 Å². The lowest BCUT2D eigenvalue weighted by Crippen LogP contribution is -3.00. The van der Waals surface area contributed by atoms with Crippen LogP contribution in [0.3, 0.4) is 0 Å². The molecule has 1 aromatic carbocycles. The summed E-state index contributed by atoms with van der Waals surface area (Å²) in [6.45, 7) is 0. The predicted molar refractivity (Wildman–Crippen MR) is 65.0 cm³/mol. The van der Waals surface area contributed by atoms with Gasteiger partial charge in [-0.15, -0.1) is 0 Å². The maximum absolute atomic E-state index is 11.2. The Kier molecular flexibility index (Phi) is 5.51. The van der Waals surface area contributed by atoms with Crippen LogP contribution >= 0.6 is 15.9 Å². The molecule has 88 valence electrons.